The lowest BCUT2D eigenvalue weighted by atomic mass is 9.82. The van der Waals surface area contributed by atoms with Crippen LogP contribution in [0.4, 0.5) is 0 Å². The van der Waals surface area contributed by atoms with Crippen molar-refractivity contribution in [1.29, 1.82) is 0 Å². The second kappa shape index (κ2) is 7.58. The molecule has 0 aliphatic heterocycles. The minimum absolute atomic E-state index is 0.000512. The van der Waals surface area contributed by atoms with E-state index in [1.54, 1.807) is 6.08 Å². The predicted octanol–water partition coefficient (Wildman–Crippen LogP) is 4.27. The molecule has 2 aliphatic rings. The SMILES string of the molecule is CC(=O)O[C@]12C=CC=C(CCCCCCCCCC1)C2=O. The number of fused-ring (bicyclic) bond motifs is 2. The molecule has 21 heavy (non-hydrogen) atoms. The van der Waals surface area contributed by atoms with Gasteiger partial charge in [0.05, 0.1) is 0 Å². The Morgan fingerprint density at radius 2 is 1.67 bits per heavy atom. The van der Waals surface area contributed by atoms with E-state index in [0.717, 1.165) is 31.3 Å². The molecule has 3 heteroatoms. The topological polar surface area (TPSA) is 43.4 Å². The summed E-state index contributed by atoms with van der Waals surface area (Å²) in [4.78, 5) is 24.2. The Labute approximate surface area is 127 Å². The van der Waals surface area contributed by atoms with E-state index < -0.39 is 5.60 Å². The van der Waals surface area contributed by atoms with E-state index in [1.807, 2.05) is 12.2 Å². The molecule has 2 aliphatic carbocycles. The van der Waals surface area contributed by atoms with Gasteiger partial charge in [-0.1, -0.05) is 50.7 Å². The van der Waals surface area contributed by atoms with Crippen molar-refractivity contribution in [1.82, 2.24) is 0 Å². The molecule has 1 saturated carbocycles. The van der Waals surface area contributed by atoms with E-state index in [0.29, 0.717) is 6.42 Å². The molecule has 1 atom stereocenters. The van der Waals surface area contributed by atoms with E-state index in [9.17, 15) is 9.59 Å². The molecule has 0 N–H and O–H groups in total. The Bertz CT molecular complexity index is 447. The number of rotatable bonds is 1. The highest BCUT2D eigenvalue weighted by Gasteiger charge is 2.41. The fraction of sp³-hybridized carbons (Fsp3) is 0.667. The fourth-order valence-electron chi connectivity index (χ4n) is 3.29. The molecule has 0 saturated heterocycles. The number of hydrogen-bond donors (Lipinski definition) is 0. The van der Waals surface area contributed by atoms with Crippen molar-refractivity contribution in [3.05, 3.63) is 23.8 Å². The molecule has 0 aromatic heterocycles. The third-order valence-corrected chi connectivity index (χ3v) is 4.41. The van der Waals surface area contributed by atoms with E-state index >= 15 is 0 Å². The molecule has 0 unspecified atom stereocenters. The number of ketones is 1. The van der Waals surface area contributed by atoms with Gasteiger partial charge in [0.1, 0.15) is 0 Å². The lowest BCUT2D eigenvalue weighted by Gasteiger charge is -2.31. The van der Waals surface area contributed by atoms with Gasteiger partial charge in [0, 0.05) is 6.92 Å². The molecule has 0 spiro atoms. The number of allylic oxidation sites excluding steroid dienone is 2. The Hall–Kier alpha value is -1.38. The maximum absolute atomic E-state index is 12.8. The maximum Gasteiger partial charge on any atom is 0.303 e. The van der Waals surface area contributed by atoms with Crippen molar-refractivity contribution in [3.63, 3.8) is 0 Å². The van der Waals surface area contributed by atoms with Gasteiger partial charge in [-0.05, 0) is 37.3 Å². The summed E-state index contributed by atoms with van der Waals surface area (Å²) in [6.07, 6.45) is 16.2. The Morgan fingerprint density at radius 1 is 1.05 bits per heavy atom. The number of carbonyl (C=O) groups is 2. The van der Waals surface area contributed by atoms with Crippen molar-refractivity contribution in [2.24, 2.45) is 0 Å². The number of hydrogen-bond acceptors (Lipinski definition) is 3. The van der Waals surface area contributed by atoms with Crippen molar-refractivity contribution in [2.75, 3.05) is 0 Å². The van der Waals surface area contributed by atoms with E-state index in [2.05, 4.69) is 0 Å². The quantitative estimate of drug-likeness (QED) is 0.677. The van der Waals surface area contributed by atoms with Gasteiger partial charge in [0.25, 0.3) is 0 Å². The Morgan fingerprint density at radius 3 is 2.33 bits per heavy atom. The van der Waals surface area contributed by atoms with Crippen molar-refractivity contribution >= 4 is 11.8 Å². The average molecular weight is 290 g/mol. The molecular weight excluding hydrogens is 264 g/mol. The summed E-state index contributed by atoms with van der Waals surface area (Å²) in [5.74, 6) is -0.377. The molecule has 116 valence electrons. The third kappa shape index (κ3) is 4.29. The van der Waals surface area contributed by atoms with Gasteiger partial charge in [-0.25, -0.2) is 0 Å². The molecule has 0 radical (unpaired) electrons. The summed E-state index contributed by atoms with van der Waals surface area (Å²) in [7, 11) is 0. The number of Topliss-reactive ketones (excluding diaryl/α,β-unsaturated/α-hetero) is 1. The number of esters is 1. The normalized spacial score (nSPS) is 27.9. The van der Waals surface area contributed by atoms with Gasteiger partial charge in [-0.2, -0.15) is 0 Å². The first-order valence-electron chi connectivity index (χ1n) is 8.27. The average Bonchev–Trinajstić information content (AvgIpc) is 2.44. The third-order valence-electron chi connectivity index (χ3n) is 4.41. The molecule has 3 nitrogen and oxygen atoms in total. The van der Waals surface area contributed by atoms with Crippen LogP contribution in [0.5, 0.6) is 0 Å². The summed E-state index contributed by atoms with van der Waals surface area (Å²) in [5.41, 5.74) is -0.220. The standard InChI is InChI=1S/C18H26O3/c1-15(19)21-18-13-9-7-5-3-2-4-6-8-11-16(17(18)20)12-10-14-18/h10,12,14H,2-9,11,13H2,1H3/t18-/m0/s1. The molecular formula is C18H26O3. The van der Waals surface area contributed by atoms with Gasteiger partial charge in [0.2, 0.25) is 5.78 Å². The fourth-order valence-corrected chi connectivity index (χ4v) is 3.29. The minimum atomic E-state index is -1.04. The molecule has 1 fully saturated rings. The summed E-state index contributed by atoms with van der Waals surface area (Å²) in [5, 5.41) is 0. The predicted molar refractivity (Wildman–Crippen MR) is 82.9 cm³/mol. The van der Waals surface area contributed by atoms with Crippen LogP contribution in [0, 0.1) is 0 Å². The lowest BCUT2D eigenvalue weighted by Crippen LogP contribution is -2.43. The van der Waals surface area contributed by atoms with Crippen LogP contribution in [0.1, 0.15) is 71.1 Å². The van der Waals surface area contributed by atoms with Crippen LogP contribution in [-0.2, 0) is 14.3 Å². The zero-order valence-electron chi connectivity index (χ0n) is 13.0. The molecule has 0 amide bonds. The van der Waals surface area contributed by atoms with Crippen LogP contribution >= 0.6 is 0 Å². The first-order valence-corrected chi connectivity index (χ1v) is 8.27. The summed E-state index contributed by atoms with van der Waals surface area (Å²) in [6, 6.07) is 0. The van der Waals surface area contributed by atoms with Crippen LogP contribution in [0.15, 0.2) is 23.8 Å². The Balaban J connectivity index is 2.17. The van der Waals surface area contributed by atoms with Crippen molar-refractivity contribution < 1.29 is 14.3 Å². The summed E-state index contributed by atoms with van der Waals surface area (Å²) < 4.78 is 5.48. The number of carbonyl (C=O) groups excluding carboxylic acids is 2. The molecule has 2 rings (SSSR count). The van der Waals surface area contributed by atoms with E-state index in [-0.39, 0.29) is 11.8 Å². The Kier molecular flexibility index (Phi) is 5.77. The monoisotopic (exact) mass is 290 g/mol. The summed E-state index contributed by atoms with van der Waals surface area (Å²) in [6.45, 7) is 1.38. The maximum atomic E-state index is 12.8. The molecule has 0 heterocycles. The van der Waals surface area contributed by atoms with E-state index in [1.165, 1.54) is 39.0 Å². The van der Waals surface area contributed by atoms with Crippen LogP contribution in [0.2, 0.25) is 0 Å². The summed E-state index contributed by atoms with van der Waals surface area (Å²) >= 11 is 0. The van der Waals surface area contributed by atoms with Crippen LogP contribution in [-0.4, -0.2) is 17.4 Å². The molecule has 2 bridgehead atoms. The van der Waals surface area contributed by atoms with Crippen LogP contribution in [0.3, 0.4) is 0 Å². The highest BCUT2D eigenvalue weighted by atomic mass is 16.6. The van der Waals surface area contributed by atoms with Gasteiger partial charge in [0.15, 0.2) is 5.60 Å². The smallest absolute Gasteiger partial charge is 0.303 e. The molecule has 0 aromatic carbocycles. The highest BCUT2D eigenvalue weighted by Crippen LogP contribution is 2.32. The van der Waals surface area contributed by atoms with E-state index in [4.69, 9.17) is 4.74 Å². The highest BCUT2D eigenvalue weighted by molar-refractivity contribution is 6.05. The largest absolute Gasteiger partial charge is 0.447 e. The van der Waals surface area contributed by atoms with Crippen LogP contribution in [0.25, 0.3) is 0 Å². The lowest BCUT2D eigenvalue weighted by molar-refractivity contribution is -0.159. The zero-order chi connectivity index (χ0) is 15.1. The van der Waals surface area contributed by atoms with Gasteiger partial charge < -0.3 is 4.74 Å². The first-order chi connectivity index (χ1) is 10.1. The van der Waals surface area contributed by atoms with Gasteiger partial charge in [-0.15, -0.1) is 0 Å². The van der Waals surface area contributed by atoms with Crippen molar-refractivity contribution in [3.8, 4) is 0 Å². The number of ether oxygens (including phenoxy) is 1. The van der Waals surface area contributed by atoms with Gasteiger partial charge >= 0.3 is 5.97 Å². The van der Waals surface area contributed by atoms with Crippen LogP contribution < -0.4 is 0 Å². The van der Waals surface area contributed by atoms with Crippen molar-refractivity contribution in [2.45, 2.75) is 76.7 Å². The van der Waals surface area contributed by atoms with Gasteiger partial charge in [-0.3, -0.25) is 9.59 Å². The minimum Gasteiger partial charge on any atom is -0.447 e. The second-order valence-electron chi connectivity index (χ2n) is 6.19. The first kappa shape index (κ1) is 16.0. The molecule has 0 aromatic rings. The zero-order valence-corrected chi connectivity index (χ0v) is 13.0. The second-order valence-corrected chi connectivity index (χ2v) is 6.19.